The molecule has 4 nitrogen and oxygen atoms in total. The van der Waals surface area contributed by atoms with Gasteiger partial charge in [0, 0.05) is 11.0 Å². The van der Waals surface area contributed by atoms with Gasteiger partial charge < -0.3 is 0 Å². The van der Waals surface area contributed by atoms with Gasteiger partial charge in [-0.15, -0.1) is 0 Å². The fourth-order valence-electron chi connectivity index (χ4n) is 1.90. The smallest absolute Gasteiger partial charge is 0.289 e. The van der Waals surface area contributed by atoms with Gasteiger partial charge in [0.15, 0.2) is 0 Å². The summed E-state index contributed by atoms with van der Waals surface area (Å²) in [7, 11) is 0. The van der Waals surface area contributed by atoms with Gasteiger partial charge in [-0.3, -0.25) is 15.0 Å². The Morgan fingerprint density at radius 1 is 1.37 bits per heavy atom. The van der Waals surface area contributed by atoms with Crippen LogP contribution in [0.1, 0.15) is 25.3 Å². The van der Waals surface area contributed by atoms with Crippen molar-refractivity contribution in [2.24, 2.45) is 0 Å². The van der Waals surface area contributed by atoms with Gasteiger partial charge in [-0.25, -0.2) is 4.79 Å². The van der Waals surface area contributed by atoms with Crippen molar-refractivity contribution in [3.05, 3.63) is 40.0 Å². The minimum atomic E-state index is -0.334. The molecule has 2 rings (SSSR count). The van der Waals surface area contributed by atoms with Gasteiger partial charge in [0.25, 0.3) is 5.91 Å². The number of nitrogens with zero attached hydrogens (tertiary/aromatic N) is 1. The van der Waals surface area contributed by atoms with Crippen LogP contribution in [0, 0.1) is 0 Å². The normalized spacial score (nSPS) is 17.2. The third kappa shape index (κ3) is 3.23. The van der Waals surface area contributed by atoms with Gasteiger partial charge in [0.2, 0.25) is 0 Å². The van der Waals surface area contributed by atoms with Crippen molar-refractivity contribution in [3.63, 3.8) is 0 Å². The summed E-state index contributed by atoms with van der Waals surface area (Å²) in [6, 6.07) is 7.27. The number of benzene rings is 1. The van der Waals surface area contributed by atoms with E-state index in [0.717, 1.165) is 22.9 Å². The lowest BCUT2D eigenvalue weighted by atomic mass is 10.2. The highest BCUT2D eigenvalue weighted by Crippen LogP contribution is 2.19. The zero-order valence-electron chi connectivity index (χ0n) is 10.6. The average Bonchev–Trinajstić information content (AvgIpc) is 2.62. The van der Waals surface area contributed by atoms with E-state index in [1.54, 1.807) is 6.08 Å². The first-order valence-corrected chi connectivity index (χ1v) is 7.01. The Labute approximate surface area is 120 Å². The maximum absolute atomic E-state index is 11.8. The number of hydrogen-bond acceptors (Lipinski definition) is 2. The molecule has 1 N–H and O–H groups in total. The lowest BCUT2D eigenvalue weighted by Crippen LogP contribution is -2.28. The molecule has 5 heteroatoms. The largest absolute Gasteiger partial charge is 0.329 e. The number of nitrogens with one attached hydrogen (secondary N) is 1. The highest BCUT2D eigenvalue weighted by molar-refractivity contribution is 9.10. The van der Waals surface area contributed by atoms with Crippen LogP contribution in [0.4, 0.5) is 4.79 Å². The molecule has 0 unspecified atom stereocenters. The van der Waals surface area contributed by atoms with Crippen LogP contribution in [0.3, 0.4) is 0 Å². The fraction of sp³-hybridized carbons (Fsp3) is 0.286. The first-order valence-electron chi connectivity index (χ1n) is 6.22. The van der Waals surface area contributed by atoms with Crippen molar-refractivity contribution in [2.75, 3.05) is 6.54 Å². The molecule has 0 atom stereocenters. The van der Waals surface area contributed by atoms with Crippen molar-refractivity contribution < 1.29 is 9.59 Å². The SMILES string of the molecule is CCCCN1C(=O)NC(=O)C1=Cc1cccc(Br)c1. The first kappa shape index (κ1) is 13.8. The van der Waals surface area contributed by atoms with E-state index in [-0.39, 0.29) is 11.9 Å². The van der Waals surface area contributed by atoms with Gasteiger partial charge in [0.05, 0.1) is 0 Å². The fourth-order valence-corrected chi connectivity index (χ4v) is 2.31. The van der Waals surface area contributed by atoms with Crippen LogP contribution in [-0.4, -0.2) is 23.4 Å². The van der Waals surface area contributed by atoms with Crippen LogP contribution in [0.25, 0.3) is 6.08 Å². The molecule has 0 aliphatic carbocycles. The minimum absolute atomic E-state index is 0.332. The number of carbonyl (C=O) groups is 2. The maximum atomic E-state index is 11.8. The topological polar surface area (TPSA) is 49.4 Å². The Hall–Kier alpha value is -1.62. The van der Waals surface area contributed by atoms with Crippen LogP contribution in [-0.2, 0) is 4.79 Å². The van der Waals surface area contributed by atoms with E-state index in [4.69, 9.17) is 0 Å². The Kier molecular flexibility index (Phi) is 4.37. The van der Waals surface area contributed by atoms with E-state index < -0.39 is 0 Å². The second kappa shape index (κ2) is 6.02. The molecule has 0 spiro atoms. The van der Waals surface area contributed by atoms with Gasteiger partial charge in [-0.2, -0.15) is 0 Å². The molecule has 0 aromatic heterocycles. The van der Waals surface area contributed by atoms with Crippen LogP contribution in [0.2, 0.25) is 0 Å². The third-order valence-corrected chi connectivity index (χ3v) is 3.37. The molecule has 19 heavy (non-hydrogen) atoms. The Balaban J connectivity index is 2.29. The van der Waals surface area contributed by atoms with Gasteiger partial charge in [-0.05, 0) is 30.2 Å². The molecular weight excluding hydrogens is 308 g/mol. The molecule has 3 amide bonds. The first-order chi connectivity index (χ1) is 9.11. The second-order valence-corrected chi connectivity index (χ2v) is 5.26. The Bertz CT molecular complexity index is 540. The van der Waals surface area contributed by atoms with Crippen LogP contribution in [0.5, 0.6) is 0 Å². The zero-order chi connectivity index (χ0) is 13.8. The molecule has 0 saturated carbocycles. The molecule has 1 fully saturated rings. The van der Waals surface area contributed by atoms with Crippen molar-refractivity contribution in [1.29, 1.82) is 0 Å². The number of hydrogen-bond donors (Lipinski definition) is 1. The number of unbranched alkanes of at least 4 members (excludes halogenated alkanes) is 1. The lowest BCUT2D eigenvalue weighted by molar-refractivity contribution is -0.116. The highest BCUT2D eigenvalue weighted by atomic mass is 79.9. The number of imide groups is 1. The summed E-state index contributed by atoms with van der Waals surface area (Å²) >= 11 is 3.39. The number of rotatable bonds is 4. The van der Waals surface area contributed by atoms with E-state index >= 15 is 0 Å². The van der Waals surface area contributed by atoms with Crippen molar-refractivity contribution >= 4 is 33.9 Å². The van der Waals surface area contributed by atoms with Crippen molar-refractivity contribution in [2.45, 2.75) is 19.8 Å². The lowest BCUT2D eigenvalue weighted by Gasteiger charge is -2.14. The van der Waals surface area contributed by atoms with Gasteiger partial charge in [-0.1, -0.05) is 41.4 Å². The summed E-state index contributed by atoms with van der Waals surface area (Å²) in [6.07, 6.45) is 3.58. The molecule has 0 bridgehead atoms. The van der Waals surface area contributed by atoms with E-state index in [0.29, 0.717) is 12.2 Å². The molecule has 1 aromatic carbocycles. The highest BCUT2D eigenvalue weighted by Gasteiger charge is 2.32. The molecule has 1 aliphatic rings. The molecule has 100 valence electrons. The van der Waals surface area contributed by atoms with Crippen molar-refractivity contribution in [3.8, 4) is 0 Å². The molecule has 1 aromatic rings. The van der Waals surface area contributed by atoms with E-state index in [1.807, 2.05) is 31.2 Å². The predicted molar refractivity (Wildman–Crippen MR) is 77.3 cm³/mol. The zero-order valence-corrected chi connectivity index (χ0v) is 12.2. The standard InChI is InChI=1S/C14H15BrN2O2/c1-2-3-7-17-12(13(18)16-14(17)19)9-10-5-4-6-11(15)8-10/h4-6,8-9H,2-3,7H2,1H3,(H,16,18,19). The van der Waals surface area contributed by atoms with E-state index in [2.05, 4.69) is 21.2 Å². The van der Waals surface area contributed by atoms with Gasteiger partial charge >= 0.3 is 6.03 Å². The predicted octanol–water partition coefficient (Wildman–Crippen LogP) is 3.14. The quantitative estimate of drug-likeness (QED) is 0.683. The summed E-state index contributed by atoms with van der Waals surface area (Å²) < 4.78 is 0.937. The summed E-state index contributed by atoms with van der Waals surface area (Å²) in [5.41, 5.74) is 1.30. The summed E-state index contributed by atoms with van der Waals surface area (Å²) in [4.78, 5) is 25.0. The molecule has 0 radical (unpaired) electrons. The monoisotopic (exact) mass is 322 g/mol. The third-order valence-electron chi connectivity index (χ3n) is 2.88. The summed E-state index contributed by atoms with van der Waals surface area (Å²) in [6.45, 7) is 2.61. The molecular formula is C14H15BrN2O2. The summed E-state index contributed by atoms with van der Waals surface area (Å²) in [5.74, 6) is -0.332. The number of carbonyl (C=O) groups excluding carboxylic acids is 2. The van der Waals surface area contributed by atoms with Crippen LogP contribution < -0.4 is 5.32 Å². The molecule has 1 heterocycles. The molecule has 1 aliphatic heterocycles. The number of halogens is 1. The van der Waals surface area contributed by atoms with E-state index in [9.17, 15) is 9.59 Å². The number of amides is 3. The van der Waals surface area contributed by atoms with Crippen LogP contribution in [0.15, 0.2) is 34.4 Å². The van der Waals surface area contributed by atoms with Crippen molar-refractivity contribution in [1.82, 2.24) is 10.2 Å². The Morgan fingerprint density at radius 2 is 2.16 bits per heavy atom. The molecule has 1 saturated heterocycles. The van der Waals surface area contributed by atoms with Crippen LogP contribution >= 0.6 is 15.9 Å². The second-order valence-electron chi connectivity index (χ2n) is 4.35. The average molecular weight is 323 g/mol. The maximum Gasteiger partial charge on any atom is 0.329 e. The Morgan fingerprint density at radius 3 is 2.84 bits per heavy atom. The number of urea groups is 1. The van der Waals surface area contributed by atoms with E-state index in [1.165, 1.54) is 4.90 Å². The minimum Gasteiger partial charge on any atom is -0.289 e. The summed E-state index contributed by atoms with van der Waals surface area (Å²) in [5, 5.41) is 2.33. The van der Waals surface area contributed by atoms with Gasteiger partial charge in [0.1, 0.15) is 5.70 Å².